The van der Waals surface area contributed by atoms with Crippen LogP contribution < -0.4 is 10.5 Å². The molecule has 31 heavy (non-hydrogen) atoms. The molecule has 4 aromatic rings. The number of esters is 1. The fourth-order valence-electron chi connectivity index (χ4n) is 3.48. The van der Waals surface area contributed by atoms with Gasteiger partial charge in [0.25, 0.3) is 5.56 Å². The molecule has 0 amide bonds. The van der Waals surface area contributed by atoms with E-state index in [1.807, 2.05) is 36.4 Å². The summed E-state index contributed by atoms with van der Waals surface area (Å²) in [5.74, 6) is -0.421. The van der Waals surface area contributed by atoms with Crippen LogP contribution in [0.25, 0.3) is 16.1 Å². The third-order valence-corrected chi connectivity index (χ3v) is 6.94. The van der Waals surface area contributed by atoms with Crippen LogP contribution in [-0.2, 0) is 16.1 Å². The molecule has 1 aromatic carbocycles. The van der Waals surface area contributed by atoms with Crippen molar-refractivity contribution >= 4 is 38.6 Å². The molecule has 0 unspecified atom stereocenters. The zero-order valence-corrected chi connectivity index (χ0v) is 18.2. The first-order valence-corrected chi connectivity index (χ1v) is 11.5. The number of benzene rings is 1. The van der Waals surface area contributed by atoms with Gasteiger partial charge in [-0.1, -0.05) is 30.3 Å². The van der Waals surface area contributed by atoms with Gasteiger partial charge in [-0.15, -0.1) is 22.7 Å². The highest BCUT2D eigenvalue weighted by Gasteiger charge is 2.22. The Morgan fingerprint density at radius 3 is 2.77 bits per heavy atom. The van der Waals surface area contributed by atoms with Crippen molar-refractivity contribution in [3.05, 3.63) is 75.0 Å². The Morgan fingerprint density at radius 1 is 1.16 bits per heavy atom. The van der Waals surface area contributed by atoms with Gasteiger partial charge in [0.15, 0.2) is 4.96 Å². The molecule has 1 fully saturated rings. The maximum Gasteiger partial charge on any atom is 0.348 e. The topological polar surface area (TPSA) is 73.1 Å². The molecule has 0 atom stereocenters. The second-order valence-electron chi connectivity index (χ2n) is 7.01. The lowest BCUT2D eigenvalue weighted by molar-refractivity contribution is 0.0473. The minimum absolute atomic E-state index is 0.0477. The Morgan fingerprint density at radius 2 is 1.97 bits per heavy atom. The third kappa shape index (κ3) is 4.12. The molecule has 1 saturated heterocycles. The number of carbonyl (C=O) groups is 1. The Balaban J connectivity index is 1.40. The predicted octanol–water partition coefficient (Wildman–Crippen LogP) is 3.68. The maximum atomic E-state index is 12.8. The van der Waals surface area contributed by atoms with Gasteiger partial charge in [0.05, 0.1) is 23.9 Å². The molecule has 9 heteroatoms. The largest absolute Gasteiger partial charge is 0.455 e. The van der Waals surface area contributed by atoms with Crippen molar-refractivity contribution in [2.24, 2.45) is 0 Å². The first-order valence-electron chi connectivity index (χ1n) is 9.84. The van der Waals surface area contributed by atoms with Crippen LogP contribution in [0.5, 0.6) is 0 Å². The highest BCUT2D eigenvalue weighted by atomic mass is 32.1. The summed E-state index contributed by atoms with van der Waals surface area (Å²) in [5, 5.41) is 2.83. The molecule has 0 radical (unpaired) electrons. The molecule has 0 bridgehead atoms. The second kappa shape index (κ2) is 8.62. The molecule has 4 heterocycles. The van der Waals surface area contributed by atoms with Gasteiger partial charge in [0.1, 0.15) is 11.5 Å². The lowest BCUT2D eigenvalue weighted by atomic mass is 10.1. The fourth-order valence-corrected chi connectivity index (χ4v) is 5.34. The van der Waals surface area contributed by atoms with E-state index in [9.17, 15) is 9.59 Å². The highest BCUT2D eigenvalue weighted by molar-refractivity contribution is 7.18. The molecule has 7 nitrogen and oxygen atoms in total. The molecule has 0 aliphatic carbocycles. The lowest BCUT2D eigenvalue weighted by Crippen LogP contribution is -2.35. The van der Waals surface area contributed by atoms with Crippen molar-refractivity contribution in [1.29, 1.82) is 0 Å². The van der Waals surface area contributed by atoms with Gasteiger partial charge in [0, 0.05) is 36.3 Å². The summed E-state index contributed by atoms with van der Waals surface area (Å²) >= 11 is 2.79. The van der Waals surface area contributed by atoms with Gasteiger partial charge in [-0.25, -0.2) is 9.78 Å². The van der Waals surface area contributed by atoms with Crippen molar-refractivity contribution in [3.8, 4) is 11.1 Å². The summed E-state index contributed by atoms with van der Waals surface area (Å²) in [6.07, 6.45) is 1.68. The van der Waals surface area contributed by atoms with Crippen LogP contribution in [0.2, 0.25) is 0 Å². The number of morpholine rings is 1. The summed E-state index contributed by atoms with van der Waals surface area (Å²) in [7, 11) is 0. The Labute approximate surface area is 186 Å². The van der Waals surface area contributed by atoms with Gasteiger partial charge in [-0.05, 0) is 11.6 Å². The maximum absolute atomic E-state index is 12.8. The predicted molar refractivity (Wildman–Crippen MR) is 121 cm³/mol. The molecule has 3 aromatic heterocycles. The second-order valence-corrected chi connectivity index (χ2v) is 8.92. The number of hydrogen-bond donors (Lipinski definition) is 0. The summed E-state index contributed by atoms with van der Waals surface area (Å²) in [6.45, 7) is 2.84. The van der Waals surface area contributed by atoms with E-state index in [0.717, 1.165) is 29.2 Å². The number of anilines is 1. The number of aromatic nitrogens is 2. The molecule has 1 aliphatic rings. The highest BCUT2D eigenvalue weighted by Crippen LogP contribution is 2.39. The van der Waals surface area contributed by atoms with E-state index in [1.54, 1.807) is 11.6 Å². The molecular weight excluding hydrogens is 434 g/mol. The Kier molecular flexibility index (Phi) is 5.54. The van der Waals surface area contributed by atoms with Crippen LogP contribution in [0.4, 0.5) is 5.00 Å². The van der Waals surface area contributed by atoms with Crippen molar-refractivity contribution in [2.75, 3.05) is 31.2 Å². The summed E-state index contributed by atoms with van der Waals surface area (Å²) < 4.78 is 12.5. The molecule has 158 valence electrons. The number of carbonyl (C=O) groups excluding carboxylic acids is 1. The van der Waals surface area contributed by atoms with E-state index in [2.05, 4.69) is 9.88 Å². The van der Waals surface area contributed by atoms with Crippen LogP contribution in [0, 0.1) is 0 Å². The average molecular weight is 454 g/mol. The molecule has 0 spiro atoms. The van der Waals surface area contributed by atoms with Crippen LogP contribution in [-0.4, -0.2) is 41.7 Å². The van der Waals surface area contributed by atoms with Crippen LogP contribution >= 0.6 is 22.7 Å². The summed E-state index contributed by atoms with van der Waals surface area (Å²) in [4.78, 5) is 32.7. The van der Waals surface area contributed by atoms with E-state index >= 15 is 0 Å². The van der Waals surface area contributed by atoms with E-state index in [1.165, 1.54) is 33.1 Å². The van der Waals surface area contributed by atoms with E-state index in [0.29, 0.717) is 28.7 Å². The number of fused-ring (bicyclic) bond motifs is 1. The van der Waals surface area contributed by atoms with Gasteiger partial charge < -0.3 is 14.4 Å². The average Bonchev–Trinajstić information content (AvgIpc) is 3.46. The van der Waals surface area contributed by atoms with Crippen molar-refractivity contribution in [1.82, 2.24) is 9.38 Å². The summed E-state index contributed by atoms with van der Waals surface area (Å²) in [6, 6.07) is 13.3. The molecule has 1 aliphatic heterocycles. The van der Waals surface area contributed by atoms with E-state index < -0.39 is 5.97 Å². The summed E-state index contributed by atoms with van der Waals surface area (Å²) in [5.41, 5.74) is 2.32. The number of thiazole rings is 1. The molecule has 0 N–H and O–H groups in total. The number of hydrogen-bond acceptors (Lipinski definition) is 8. The van der Waals surface area contributed by atoms with E-state index in [-0.39, 0.29) is 12.2 Å². The lowest BCUT2D eigenvalue weighted by Gasteiger charge is -2.28. The first kappa shape index (κ1) is 19.9. The zero-order chi connectivity index (χ0) is 21.2. The Hall–Kier alpha value is -3.01. The SMILES string of the molecule is O=C(OCc1cc(=O)n2ccsc2n1)c1cc(-c2ccccc2)c(N2CCOCC2)s1. The van der Waals surface area contributed by atoms with Gasteiger partial charge in [-0.3, -0.25) is 9.20 Å². The van der Waals surface area contributed by atoms with Gasteiger partial charge in [0.2, 0.25) is 0 Å². The minimum Gasteiger partial charge on any atom is -0.455 e. The normalized spacial score (nSPS) is 14.1. The third-order valence-electron chi connectivity index (χ3n) is 5.00. The van der Waals surface area contributed by atoms with Crippen molar-refractivity contribution in [2.45, 2.75) is 6.61 Å². The Bertz CT molecular complexity index is 1270. The van der Waals surface area contributed by atoms with Crippen molar-refractivity contribution in [3.63, 3.8) is 0 Å². The van der Waals surface area contributed by atoms with Crippen LogP contribution in [0.3, 0.4) is 0 Å². The van der Waals surface area contributed by atoms with E-state index in [4.69, 9.17) is 9.47 Å². The fraction of sp³-hybridized carbons (Fsp3) is 0.227. The number of ether oxygens (including phenoxy) is 2. The smallest absolute Gasteiger partial charge is 0.348 e. The monoisotopic (exact) mass is 453 g/mol. The molecular formula is C22H19N3O4S2. The zero-order valence-electron chi connectivity index (χ0n) is 16.5. The molecule has 0 saturated carbocycles. The quantitative estimate of drug-likeness (QED) is 0.429. The standard InChI is InChI=1S/C22H19N3O4S2/c26-19-12-16(23-22-25(19)8-11-30-22)14-29-21(27)18-13-17(15-4-2-1-3-5-15)20(31-18)24-6-9-28-10-7-24/h1-5,8,11-13H,6-7,9-10,14H2. The van der Waals surface area contributed by atoms with Gasteiger partial charge in [-0.2, -0.15) is 0 Å². The minimum atomic E-state index is -0.421. The van der Waals surface area contributed by atoms with Crippen LogP contribution in [0.15, 0.2) is 58.8 Å². The number of rotatable bonds is 5. The molecule has 5 rings (SSSR count). The number of thiophene rings is 1. The van der Waals surface area contributed by atoms with Gasteiger partial charge >= 0.3 is 5.97 Å². The van der Waals surface area contributed by atoms with Crippen molar-refractivity contribution < 1.29 is 14.3 Å². The number of nitrogens with zero attached hydrogens (tertiary/aromatic N) is 3. The first-order chi connectivity index (χ1) is 15.2. The van der Waals surface area contributed by atoms with Crippen LogP contribution in [0.1, 0.15) is 15.4 Å².